The highest BCUT2D eigenvalue weighted by Crippen LogP contribution is 2.42. The lowest BCUT2D eigenvalue weighted by Gasteiger charge is -2.14. The van der Waals surface area contributed by atoms with Gasteiger partial charge >= 0.3 is 0 Å². The molecule has 0 nitrogen and oxygen atoms in total. The van der Waals surface area contributed by atoms with E-state index in [1.165, 1.54) is 77.2 Å². The number of aryl methyl sites for hydroxylation is 2. The van der Waals surface area contributed by atoms with E-state index in [9.17, 15) is 0 Å². The van der Waals surface area contributed by atoms with Crippen LogP contribution in [0.5, 0.6) is 0 Å². The molecule has 6 aromatic rings. The smallest absolute Gasteiger partial charge is 0.000729 e. The lowest BCUT2D eigenvalue weighted by atomic mass is 9.90. The number of benzene rings is 6. The second-order valence-electron chi connectivity index (χ2n) is 9.80. The molecule has 0 bridgehead atoms. The molecule has 0 heteroatoms. The molecule has 7 rings (SSSR count). The molecular formula is C35H26. The fraction of sp³-hybridized carbons (Fsp3) is 0.0857. The van der Waals surface area contributed by atoms with Gasteiger partial charge in [-0.15, -0.1) is 0 Å². The molecule has 0 spiro atoms. The molecule has 0 unspecified atom stereocenters. The standard InChI is InChI=1S/C35H26/c1-22-28-12-5-6-13-29(28)23(2)34-20-25(17-18-30(22)34)24-10-7-11-26(19-24)32-15-8-16-33-31-14-4-3-9-27(31)21-35(32)33/h3-20H,21H2,1-2H3. The largest absolute Gasteiger partial charge is 0.0619 e. The predicted molar refractivity (Wildman–Crippen MR) is 150 cm³/mol. The van der Waals surface area contributed by atoms with Crippen molar-refractivity contribution in [2.75, 3.05) is 0 Å². The van der Waals surface area contributed by atoms with Crippen LogP contribution in [0.2, 0.25) is 0 Å². The predicted octanol–water partition coefficient (Wildman–Crippen LogP) is 9.52. The van der Waals surface area contributed by atoms with Crippen LogP contribution in [-0.4, -0.2) is 0 Å². The molecule has 0 radical (unpaired) electrons. The van der Waals surface area contributed by atoms with Gasteiger partial charge in [0.25, 0.3) is 0 Å². The average molecular weight is 447 g/mol. The van der Waals surface area contributed by atoms with Crippen LogP contribution in [0.15, 0.2) is 109 Å². The zero-order valence-electron chi connectivity index (χ0n) is 20.1. The highest BCUT2D eigenvalue weighted by Gasteiger charge is 2.21. The summed E-state index contributed by atoms with van der Waals surface area (Å²) in [6, 6.07) is 40.4. The van der Waals surface area contributed by atoms with Crippen molar-refractivity contribution in [1.29, 1.82) is 0 Å². The van der Waals surface area contributed by atoms with Crippen molar-refractivity contribution >= 4 is 21.5 Å². The number of hydrogen-bond donors (Lipinski definition) is 0. The van der Waals surface area contributed by atoms with Gasteiger partial charge in [-0.2, -0.15) is 0 Å². The molecule has 0 saturated heterocycles. The van der Waals surface area contributed by atoms with Crippen LogP contribution in [0.4, 0.5) is 0 Å². The highest BCUT2D eigenvalue weighted by molar-refractivity contribution is 6.06. The van der Waals surface area contributed by atoms with Crippen LogP contribution < -0.4 is 0 Å². The summed E-state index contributed by atoms with van der Waals surface area (Å²) in [5.74, 6) is 0. The molecule has 0 saturated carbocycles. The molecule has 0 heterocycles. The van der Waals surface area contributed by atoms with E-state index in [0.717, 1.165) is 6.42 Å². The molecule has 166 valence electrons. The van der Waals surface area contributed by atoms with Crippen molar-refractivity contribution in [3.63, 3.8) is 0 Å². The van der Waals surface area contributed by atoms with E-state index in [1.54, 1.807) is 0 Å². The molecule has 0 fully saturated rings. The van der Waals surface area contributed by atoms with Crippen LogP contribution >= 0.6 is 0 Å². The van der Waals surface area contributed by atoms with Crippen molar-refractivity contribution in [3.8, 4) is 33.4 Å². The van der Waals surface area contributed by atoms with Gasteiger partial charge in [-0.1, -0.05) is 97.1 Å². The van der Waals surface area contributed by atoms with Crippen molar-refractivity contribution < 1.29 is 0 Å². The second kappa shape index (κ2) is 7.68. The second-order valence-corrected chi connectivity index (χ2v) is 9.80. The van der Waals surface area contributed by atoms with Gasteiger partial charge in [0.15, 0.2) is 0 Å². The van der Waals surface area contributed by atoms with Crippen LogP contribution in [0, 0.1) is 13.8 Å². The van der Waals surface area contributed by atoms with Gasteiger partial charge < -0.3 is 0 Å². The molecule has 0 atom stereocenters. The Bertz CT molecular complexity index is 1780. The van der Waals surface area contributed by atoms with Gasteiger partial charge in [0.05, 0.1) is 0 Å². The van der Waals surface area contributed by atoms with Gasteiger partial charge in [0, 0.05) is 0 Å². The Hall–Kier alpha value is -4.16. The molecule has 0 aliphatic heterocycles. The highest BCUT2D eigenvalue weighted by atomic mass is 14.2. The quantitative estimate of drug-likeness (QED) is 0.232. The molecule has 1 aliphatic rings. The first-order chi connectivity index (χ1) is 17.2. The summed E-state index contributed by atoms with van der Waals surface area (Å²) in [5.41, 5.74) is 13.5. The summed E-state index contributed by atoms with van der Waals surface area (Å²) in [5, 5.41) is 5.40. The summed E-state index contributed by atoms with van der Waals surface area (Å²) in [6.07, 6.45) is 1.01. The molecule has 0 N–H and O–H groups in total. The normalized spacial score (nSPS) is 12.2. The van der Waals surface area contributed by atoms with E-state index in [2.05, 4.69) is 123 Å². The van der Waals surface area contributed by atoms with E-state index in [0.29, 0.717) is 0 Å². The first kappa shape index (κ1) is 20.2. The van der Waals surface area contributed by atoms with Crippen molar-refractivity contribution in [3.05, 3.63) is 131 Å². The molecule has 1 aliphatic carbocycles. The third kappa shape index (κ3) is 3.07. The monoisotopic (exact) mass is 446 g/mol. The van der Waals surface area contributed by atoms with Crippen LogP contribution in [0.25, 0.3) is 54.9 Å². The van der Waals surface area contributed by atoms with Crippen molar-refractivity contribution in [1.82, 2.24) is 0 Å². The van der Waals surface area contributed by atoms with Crippen molar-refractivity contribution in [2.45, 2.75) is 20.3 Å². The molecule has 6 aromatic carbocycles. The zero-order chi connectivity index (χ0) is 23.5. The first-order valence-electron chi connectivity index (χ1n) is 12.4. The number of hydrogen-bond acceptors (Lipinski definition) is 0. The number of fused-ring (bicyclic) bond motifs is 5. The molecule has 35 heavy (non-hydrogen) atoms. The minimum Gasteiger partial charge on any atom is -0.0619 e. The Labute approximate surface area is 206 Å². The van der Waals surface area contributed by atoms with E-state index in [4.69, 9.17) is 0 Å². The first-order valence-corrected chi connectivity index (χ1v) is 12.4. The maximum atomic E-state index is 2.38. The number of rotatable bonds is 2. The Balaban J connectivity index is 1.37. The third-order valence-corrected chi connectivity index (χ3v) is 7.92. The fourth-order valence-corrected chi connectivity index (χ4v) is 6.08. The van der Waals surface area contributed by atoms with E-state index in [-0.39, 0.29) is 0 Å². The van der Waals surface area contributed by atoms with E-state index < -0.39 is 0 Å². The maximum absolute atomic E-state index is 2.38. The molecule has 0 amide bonds. The minimum absolute atomic E-state index is 1.01. The molecule has 0 aromatic heterocycles. The van der Waals surface area contributed by atoms with Crippen LogP contribution in [0.3, 0.4) is 0 Å². The molecular weight excluding hydrogens is 420 g/mol. The van der Waals surface area contributed by atoms with Gasteiger partial charge in [-0.05, 0) is 110 Å². The van der Waals surface area contributed by atoms with E-state index >= 15 is 0 Å². The Kier molecular flexibility index (Phi) is 4.44. The summed E-state index contributed by atoms with van der Waals surface area (Å²) < 4.78 is 0. The van der Waals surface area contributed by atoms with Gasteiger partial charge in [0.1, 0.15) is 0 Å². The lowest BCUT2D eigenvalue weighted by molar-refractivity contribution is 1.26. The third-order valence-electron chi connectivity index (χ3n) is 7.92. The maximum Gasteiger partial charge on any atom is -0.000729 e. The Morgan fingerprint density at radius 2 is 1.03 bits per heavy atom. The fourth-order valence-electron chi connectivity index (χ4n) is 6.08. The van der Waals surface area contributed by atoms with Gasteiger partial charge in [-0.3, -0.25) is 0 Å². The minimum atomic E-state index is 1.01. The SMILES string of the molecule is Cc1c2ccccc2c(C)c2cc(-c3cccc(-c4cccc5c4Cc4ccccc4-5)c3)ccc12. The summed E-state index contributed by atoms with van der Waals surface area (Å²) >= 11 is 0. The van der Waals surface area contributed by atoms with Crippen LogP contribution in [-0.2, 0) is 6.42 Å². The van der Waals surface area contributed by atoms with E-state index in [1.807, 2.05) is 0 Å². The van der Waals surface area contributed by atoms with Crippen LogP contribution in [0.1, 0.15) is 22.3 Å². The topological polar surface area (TPSA) is 0 Å². The lowest BCUT2D eigenvalue weighted by Crippen LogP contribution is -1.90. The Morgan fingerprint density at radius 3 is 1.89 bits per heavy atom. The Morgan fingerprint density at radius 1 is 0.429 bits per heavy atom. The van der Waals surface area contributed by atoms with Gasteiger partial charge in [-0.25, -0.2) is 0 Å². The summed E-state index contributed by atoms with van der Waals surface area (Å²) in [6.45, 7) is 4.51. The summed E-state index contributed by atoms with van der Waals surface area (Å²) in [7, 11) is 0. The zero-order valence-corrected chi connectivity index (χ0v) is 20.1. The summed E-state index contributed by atoms with van der Waals surface area (Å²) in [4.78, 5) is 0. The van der Waals surface area contributed by atoms with Crippen molar-refractivity contribution in [2.24, 2.45) is 0 Å². The average Bonchev–Trinajstić information content (AvgIpc) is 3.30. The van der Waals surface area contributed by atoms with Gasteiger partial charge in [0.2, 0.25) is 0 Å².